The fraction of sp³-hybridized carbons (Fsp3) is 0.435. The second-order valence-electron chi connectivity index (χ2n) is 7.21. The number of nitrogens with zero attached hydrogens (tertiary/aromatic N) is 1. The van der Waals surface area contributed by atoms with E-state index < -0.39 is 12.0 Å². The molecule has 6 nitrogen and oxygen atoms in total. The van der Waals surface area contributed by atoms with Crippen LogP contribution in [0.5, 0.6) is 17.2 Å². The van der Waals surface area contributed by atoms with Gasteiger partial charge >= 0.3 is 5.97 Å². The number of benzene rings is 2. The van der Waals surface area contributed by atoms with Crippen LogP contribution >= 0.6 is 15.9 Å². The molecule has 0 aliphatic carbocycles. The van der Waals surface area contributed by atoms with Crippen molar-refractivity contribution in [2.24, 2.45) is 0 Å². The number of methoxy groups -OCH3 is 2. The first-order valence-corrected chi connectivity index (χ1v) is 10.9. The summed E-state index contributed by atoms with van der Waals surface area (Å²) in [4.78, 5) is 14.2. The van der Waals surface area contributed by atoms with Crippen LogP contribution in [0.4, 0.5) is 0 Å². The van der Waals surface area contributed by atoms with Crippen molar-refractivity contribution in [2.75, 3.05) is 27.4 Å². The predicted molar refractivity (Wildman–Crippen MR) is 119 cm³/mol. The first-order chi connectivity index (χ1) is 14.5. The summed E-state index contributed by atoms with van der Waals surface area (Å²) in [5, 5.41) is 9.95. The summed E-state index contributed by atoms with van der Waals surface area (Å²) >= 11 is 3.57. The van der Waals surface area contributed by atoms with E-state index in [1.807, 2.05) is 43.3 Å². The van der Waals surface area contributed by atoms with Gasteiger partial charge in [0.1, 0.15) is 23.3 Å². The van der Waals surface area contributed by atoms with Crippen LogP contribution in [-0.2, 0) is 4.79 Å². The van der Waals surface area contributed by atoms with Gasteiger partial charge in [-0.3, -0.25) is 9.69 Å². The fourth-order valence-electron chi connectivity index (χ4n) is 4.12. The molecule has 0 saturated carbocycles. The lowest BCUT2D eigenvalue weighted by Crippen LogP contribution is -2.47. The summed E-state index contributed by atoms with van der Waals surface area (Å²) < 4.78 is 17.9. The third kappa shape index (κ3) is 4.73. The molecule has 0 radical (unpaired) electrons. The van der Waals surface area contributed by atoms with Gasteiger partial charge in [-0.1, -0.05) is 22.4 Å². The van der Waals surface area contributed by atoms with Gasteiger partial charge in [0.05, 0.1) is 26.9 Å². The molecule has 162 valence electrons. The maximum Gasteiger partial charge on any atom is 0.320 e. The summed E-state index contributed by atoms with van der Waals surface area (Å²) in [6.45, 7) is 3.13. The van der Waals surface area contributed by atoms with Crippen LogP contribution in [0.3, 0.4) is 0 Å². The Morgan fingerprint density at radius 1 is 1.13 bits per heavy atom. The van der Waals surface area contributed by atoms with Gasteiger partial charge in [0.2, 0.25) is 0 Å². The minimum absolute atomic E-state index is 0.341. The molecular formula is C23H28BrNO5. The van der Waals surface area contributed by atoms with Crippen molar-refractivity contribution in [2.45, 2.75) is 38.3 Å². The van der Waals surface area contributed by atoms with Gasteiger partial charge < -0.3 is 19.3 Å². The third-order valence-electron chi connectivity index (χ3n) is 5.46. The van der Waals surface area contributed by atoms with Crippen molar-refractivity contribution in [3.63, 3.8) is 0 Å². The second kappa shape index (κ2) is 10.2. The summed E-state index contributed by atoms with van der Waals surface area (Å²) in [5.41, 5.74) is 1.79. The fourth-order valence-corrected chi connectivity index (χ4v) is 4.50. The van der Waals surface area contributed by atoms with Gasteiger partial charge in [0, 0.05) is 21.7 Å². The van der Waals surface area contributed by atoms with E-state index in [1.54, 1.807) is 14.2 Å². The van der Waals surface area contributed by atoms with Gasteiger partial charge in [-0.2, -0.15) is 0 Å². The predicted octanol–water partition coefficient (Wildman–Crippen LogP) is 4.89. The Hall–Kier alpha value is -2.25. The molecular weight excluding hydrogens is 450 g/mol. The molecule has 1 aliphatic heterocycles. The number of aliphatic carboxylic acids is 1. The van der Waals surface area contributed by atoms with E-state index in [-0.39, 0.29) is 6.04 Å². The number of carbonyl (C=O) groups is 1. The highest BCUT2D eigenvalue weighted by Gasteiger charge is 2.37. The smallest absolute Gasteiger partial charge is 0.320 e. The van der Waals surface area contributed by atoms with Gasteiger partial charge in [0.15, 0.2) is 0 Å². The minimum Gasteiger partial charge on any atom is -0.497 e. The molecule has 30 heavy (non-hydrogen) atoms. The highest BCUT2D eigenvalue weighted by atomic mass is 79.9. The van der Waals surface area contributed by atoms with E-state index in [0.29, 0.717) is 31.1 Å². The van der Waals surface area contributed by atoms with Crippen LogP contribution in [0.25, 0.3) is 0 Å². The number of rotatable bonds is 8. The lowest BCUT2D eigenvalue weighted by atomic mass is 9.90. The Morgan fingerprint density at radius 3 is 2.60 bits per heavy atom. The Bertz CT molecular complexity index is 888. The molecule has 1 N–H and O–H groups in total. The van der Waals surface area contributed by atoms with Crippen LogP contribution in [0.1, 0.15) is 43.4 Å². The molecule has 1 aliphatic rings. The lowest BCUT2D eigenvalue weighted by Gasteiger charge is -2.40. The number of piperidine rings is 1. The average Bonchev–Trinajstić information content (AvgIpc) is 2.76. The van der Waals surface area contributed by atoms with E-state index in [2.05, 4.69) is 20.8 Å². The highest BCUT2D eigenvalue weighted by Crippen LogP contribution is 2.43. The van der Waals surface area contributed by atoms with Gasteiger partial charge in [-0.15, -0.1) is 0 Å². The van der Waals surface area contributed by atoms with Crippen molar-refractivity contribution in [3.05, 3.63) is 52.0 Å². The summed E-state index contributed by atoms with van der Waals surface area (Å²) in [6.07, 6.45) is 2.45. The zero-order valence-corrected chi connectivity index (χ0v) is 19.1. The quantitative estimate of drug-likeness (QED) is 0.583. The Kier molecular flexibility index (Phi) is 7.61. The molecule has 0 spiro atoms. The molecule has 2 aromatic rings. The standard InChI is InChI=1S/C23H28BrNO5/c1-4-30-20-11-8-15(24)13-18(20)22(25-12-6-5-7-19(25)23(26)27)17-10-9-16(28-2)14-21(17)29-3/h8-11,13-14,19,22H,4-7,12H2,1-3H3,(H,26,27). The Morgan fingerprint density at radius 2 is 1.93 bits per heavy atom. The largest absolute Gasteiger partial charge is 0.497 e. The van der Waals surface area contributed by atoms with Crippen LogP contribution < -0.4 is 14.2 Å². The second-order valence-corrected chi connectivity index (χ2v) is 8.13. The number of hydrogen-bond donors (Lipinski definition) is 1. The first kappa shape index (κ1) is 22.4. The molecule has 7 heteroatoms. The molecule has 0 amide bonds. The molecule has 0 aromatic heterocycles. The minimum atomic E-state index is -0.805. The van der Waals surface area contributed by atoms with Crippen molar-refractivity contribution < 1.29 is 24.1 Å². The van der Waals surface area contributed by atoms with Crippen molar-refractivity contribution >= 4 is 21.9 Å². The van der Waals surface area contributed by atoms with E-state index in [0.717, 1.165) is 34.2 Å². The number of carboxylic acids is 1. The lowest BCUT2D eigenvalue weighted by molar-refractivity contribution is -0.145. The summed E-state index contributed by atoms with van der Waals surface area (Å²) in [5.74, 6) is 1.26. The van der Waals surface area contributed by atoms with Crippen LogP contribution in [0, 0.1) is 0 Å². The number of ether oxygens (including phenoxy) is 3. The summed E-state index contributed by atoms with van der Waals surface area (Å²) in [6, 6.07) is 10.6. The van der Waals surface area contributed by atoms with Crippen LogP contribution in [0.2, 0.25) is 0 Å². The average molecular weight is 478 g/mol. The van der Waals surface area contributed by atoms with Crippen LogP contribution in [-0.4, -0.2) is 49.4 Å². The molecule has 1 fully saturated rings. The molecule has 3 rings (SSSR count). The van der Waals surface area contributed by atoms with Gasteiger partial charge in [-0.05, 0) is 56.6 Å². The number of halogens is 1. The topological polar surface area (TPSA) is 68.2 Å². The SMILES string of the molecule is CCOc1ccc(Br)cc1C(c1ccc(OC)cc1OC)N1CCCCC1C(=O)O. The van der Waals surface area contributed by atoms with Crippen molar-refractivity contribution in [3.8, 4) is 17.2 Å². The first-order valence-electron chi connectivity index (χ1n) is 10.1. The molecule has 2 aromatic carbocycles. The maximum absolute atomic E-state index is 12.1. The molecule has 0 bridgehead atoms. The molecule has 2 unspecified atom stereocenters. The van der Waals surface area contributed by atoms with Crippen molar-refractivity contribution in [1.29, 1.82) is 0 Å². The van der Waals surface area contributed by atoms with E-state index in [9.17, 15) is 9.90 Å². The monoisotopic (exact) mass is 477 g/mol. The zero-order chi connectivity index (χ0) is 21.7. The van der Waals surface area contributed by atoms with E-state index in [1.165, 1.54) is 0 Å². The van der Waals surface area contributed by atoms with E-state index >= 15 is 0 Å². The Labute approximate surface area is 185 Å². The Balaban J connectivity index is 2.23. The maximum atomic E-state index is 12.1. The van der Waals surface area contributed by atoms with Gasteiger partial charge in [-0.25, -0.2) is 0 Å². The highest BCUT2D eigenvalue weighted by molar-refractivity contribution is 9.10. The van der Waals surface area contributed by atoms with Gasteiger partial charge in [0.25, 0.3) is 0 Å². The molecule has 2 atom stereocenters. The van der Waals surface area contributed by atoms with Crippen LogP contribution in [0.15, 0.2) is 40.9 Å². The van der Waals surface area contributed by atoms with E-state index in [4.69, 9.17) is 14.2 Å². The number of likely N-dealkylation sites (tertiary alicyclic amines) is 1. The normalized spacial score (nSPS) is 17.9. The van der Waals surface area contributed by atoms with Crippen molar-refractivity contribution in [1.82, 2.24) is 4.90 Å². The number of carboxylic acid groups (broad SMARTS) is 1. The summed E-state index contributed by atoms with van der Waals surface area (Å²) in [7, 11) is 3.23. The molecule has 1 saturated heterocycles. The zero-order valence-electron chi connectivity index (χ0n) is 17.6. The third-order valence-corrected chi connectivity index (χ3v) is 5.96. The molecule has 1 heterocycles. The number of hydrogen-bond acceptors (Lipinski definition) is 5.